The molecule has 1 saturated heterocycles. The molecule has 0 unspecified atom stereocenters. The van der Waals surface area contributed by atoms with Crippen molar-refractivity contribution in [1.82, 2.24) is 0 Å². The van der Waals surface area contributed by atoms with Crippen molar-refractivity contribution in [1.29, 1.82) is 0 Å². The first kappa shape index (κ1) is 29.0. The molecule has 4 rings (SSSR count). The molecule has 0 radical (unpaired) electrons. The first-order chi connectivity index (χ1) is 19.0. The van der Waals surface area contributed by atoms with Gasteiger partial charge >= 0.3 is 0 Å². The molecule has 0 aliphatic carbocycles. The Labute approximate surface area is 232 Å². The Kier molecular flexibility index (Phi) is 11.1. The molecule has 1 heterocycles. The van der Waals surface area contributed by atoms with Crippen LogP contribution >= 0.6 is 0 Å². The molecule has 1 aliphatic rings. The van der Waals surface area contributed by atoms with E-state index in [0.29, 0.717) is 32.3 Å². The van der Waals surface area contributed by atoms with Gasteiger partial charge in [0, 0.05) is 6.61 Å². The molecule has 0 amide bonds. The molecule has 39 heavy (non-hydrogen) atoms. The number of hydrogen-bond donors (Lipinski definition) is 0. The molecule has 6 nitrogen and oxygen atoms in total. The summed E-state index contributed by atoms with van der Waals surface area (Å²) in [4.78, 5) is 12.9. The van der Waals surface area contributed by atoms with Gasteiger partial charge in [0.25, 0.3) is 0 Å². The maximum Gasteiger partial charge on any atom is 0.161 e. The first-order valence-corrected chi connectivity index (χ1v) is 13.7. The van der Waals surface area contributed by atoms with Crippen molar-refractivity contribution < 1.29 is 28.5 Å². The molecule has 1 fully saturated rings. The topological polar surface area (TPSA) is 63.2 Å². The van der Waals surface area contributed by atoms with Crippen LogP contribution < -0.4 is 4.74 Å². The predicted octanol–water partition coefficient (Wildman–Crippen LogP) is 6.16. The van der Waals surface area contributed by atoms with Crippen LogP contribution in [0.3, 0.4) is 0 Å². The van der Waals surface area contributed by atoms with Crippen molar-refractivity contribution in [3.63, 3.8) is 0 Å². The third kappa shape index (κ3) is 8.73. The molecule has 1 aliphatic heterocycles. The highest BCUT2D eigenvalue weighted by Gasteiger charge is 2.42. The van der Waals surface area contributed by atoms with E-state index in [1.165, 1.54) is 0 Å². The number of benzene rings is 3. The molecular weight excluding hydrogens is 492 g/mol. The second-order valence-electron chi connectivity index (χ2n) is 10.2. The van der Waals surface area contributed by atoms with Gasteiger partial charge in [-0.1, -0.05) is 79.7 Å². The summed E-state index contributed by atoms with van der Waals surface area (Å²) in [5.41, 5.74) is 3.15. The Morgan fingerprint density at radius 1 is 0.846 bits per heavy atom. The number of ketones is 1. The molecule has 6 heteroatoms. The Morgan fingerprint density at radius 3 is 2.05 bits per heavy atom. The lowest BCUT2D eigenvalue weighted by molar-refractivity contribution is -0.162. The highest BCUT2D eigenvalue weighted by Crippen LogP contribution is 2.33. The van der Waals surface area contributed by atoms with Crippen LogP contribution in [0.15, 0.2) is 84.9 Å². The van der Waals surface area contributed by atoms with Crippen molar-refractivity contribution in [2.45, 2.75) is 70.9 Å². The van der Waals surface area contributed by atoms with Crippen LogP contribution in [-0.2, 0) is 43.6 Å². The summed E-state index contributed by atoms with van der Waals surface area (Å²) in [6.45, 7) is 5.61. The van der Waals surface area contributed by atoms with Gasteiger partial charge in [-0.3, -0.25) is 4.79 Å². The fraction of sp³-hybridized carbons (Fsp3) is 0.424. The van der Waals surface area contributed by atoms with Gasteiger partial charge in [-0.25, -0.2) is 0 Å². The van der Waals surface area contributed by atoms with E-state index >= 15 is 0 Å². The summed E-state index contributed by atoms with van der Waals surface area (Å²) in [6, 6.07) is 27.8. The average molecular weight is 533 g/mol. The number of carbonyl (C=O) groups excluding carboxylic acids is 1. The normalized spacial score (nSPS) is 20.4. The lowest BCUT2D eigenvalue weighted by Gasteiger charge is -2.30. The second-order valence-corrected chi connectivity index (χ2v) is 10.2. The molecular formula is C33H40O6. The molecule has 5 atom stereocenters. The third-order valence-electron chi connectivity index (χ3n) is 7.19. The van der Waals surface area contributed by atoms with Crippen LogP contribution in [-0.4, -0.2) is 43.9 Å². The van der Waals surface area contributed by atoms with Crippen LogP contribution in [0.25, 0.3) is 0 Å². The van der Waals surface area contributed by atoms with Crippen molar-refractivity contribution >= 4 is 5.78 Å². The van der Waals surface area contributed by atoms with Crippen LogP contribution in [0.2, 0.25) is 0 Å². The molecule has 3 aromatic rings. The van der Waals surface area contributed by atoms with Crippen molar-refractivity contribution in [3.8, 4) is 5.75 Å². The maximum absolute atomic E-state index is 12.9. The minimum atomic E-state index is -0.742. The van der Waals surface area contributed by atoms with Crippen LogP contribution in [0.5, 0.6) is 5.75 Å². The number of carbonyl (C=O) groups is 1. The van der Waals surface area contributed by atoms with Gasteiger partial charge in [-0.2, -0.15) is 0 Å². The monoisotopic (exact) mass is 532 g/mol. The molecule has 0 saturated carbocycles. The zero-order valence-corrected chi connectivity index (χ0v) is 23.2. The zero-order valence-electron chi connectivity index (χ0n) is 23.2. The van der Waals surface area contributed by atoms with E-state index in [1.807, 2.05) is 72.8 Å². The van der Waals surface area contributed by atoms with E-state index in [0.717, 1.165) is 35.3 Å². The highest BCUT2D eigenvalue weighted by molar-refractivity contribution is 5.81. The number of rotatable bonds is 15. The van der Waals surface area contributed by atoms with Crippen molar-refractivity contribution in [3.05, 3.63) is 102 Å². The lowest BCUT2D eigenvalue weighted by atomic mass is 9.95. The first-order valence-electron chi connectivity index (χ1n) is 13.7. The van der Waals surface area contributed by atoms with Gasteiger partial charge in [-0.05, 0) is 54.5 Å². The predicted molar refractivity (Wildman–Crippen MR) is 150 cm³/mol. The molecule has 0 N–H and O–H groups in total. The smallest absolute Gasteiger partial charge is 0.161 e. The van der Waals surface area contributed by atoms with Gasteiger partial charge in [0.1, 0.15) is 18.0 Å². The van der Waals surface area contributed by atoms with Crippen LogP contribution in [0.1, 0.15) is 43.4 Å². The van der Waals surface area contributed by atoms with E-state index in [1.54, 1.807) is 14.0 Å². The van der Waals surface area contributed by atoms with E-state index < -0.39 is 12.2 Å². The summed E-state index contributed by atoms with van der Waals surface area (Å²) < 4.78 is 30.4. The number of methoxy groups -OCH3 is 1. The summed E-state index contributed by atoms with van der Waals surface area (Å²) in [6.07, 6.45) is 0.0572. The Bertz CT molecular complexity index is 1120. The van der Waals surface area contributed by atoms with Gasteiger partial charge < -0.3 is 23.7 Å². The fourth-order valence-electron chi connectivity index (χ4n) is 4.97. The highest BCUT2D eigenvalue weighted by atomic mass is 16.6. The Hall–Kier alpha value is -3.03. The average Bonchev–Trinajstić information content (AvgIpc) is 3.33. The van der Waals surface area contributed by atoms with E-state index in [9.17, 15) is 4.79 Å². The summed E-state index contributed by atoms with van der Waals surface area (Å²) in [5, 5.41) is 0. The van der Waals surface area contributed by atoms with E-state index in [2.05, 4.69) is 19.1 Å². The van der Waals surface area contributed by atoms with Gasteiger partial charge in [0.15, 0.2) is 5.78 Å². The largest absolute Gasteiger partial charge is 0.497 e. The number of Topliss-reactive ketones (excluding diaryl/α,β-unsaturated/α-hetero) is 1. The van der Waals surface area contributed by atoms with Crippen molar-refractivity contribution in [2.24, 2.45) is 5.92 Å². The summed E-state index contributed by atoms with van der Waals surface area (Å²) in [7, 11) is 1.64. The maximum atomic E-state index is 12.9. The number of ether oxygens (including phenoxy) is 5. The van der Waals surface area contributed by atoms with E-state index in [4.69, 9.17) is 23.7 Å². The second kappa shape index (κ2) is 14.9. The number of hydrogen-bond acceptors (Lipinski definition) is 6. The summed E-state index contributed by atoms with van der Waals surface area (Å²) >= 11 is 0. The quantitative estimate of drug-likeness (QED) is 0.219. The fourth-order valence-corrected chi connectivity index (χ4v) is 4.97. The molecule has 0 aromatic heterocycles. The minimum Gasteiger partial charge on any atom is -0.497 e. The van der Waals surface area contributed by atoms with Gasteiger partial charge in [0.2, 0.25) is 0 Å². The minimum absolute atomic E-state index is 0.0274. The zero-order chi connectivity index (χ0) is 27.5. The molecule has 0 bridgehead atoms. The van der Waals surface area contributed by atoms with Gasteiger partial charge in [-0.15, -0.1) is 0 Å². The van der Waals surface area contributed by atoms with E-state index in [-0.39, 0.29) is 18.0 Å². The van der Waals surface area contributed by atoms with Gasteiger partial charge in [0.05, 0.1) is 39.1 Å². The standard InChI is InChI=1S/C33H40O6/c1-24-20-31(39-30(24)18-19-36-21-26-10-6-4-7-11-26)33(38-23-28-14-16-29(35-3)17-15-28)32(25(2)34)37-22-27-12-8-5-9-13-27/h4-17,24,30-33H,18-23H2,1-3H3/t24-,30+,31-,32-,33+/m1/s1. The molecule has 208 valence electrons. The lowest BCUT2D eigenvalue weighted by Crippen LogP contribution is -2.45. The van der Waals surface area contributed by atoms with Crippen LogP contribution in [0, 0.1) is 5.92 Å². The Balaban J connectivity index is 1.41. The summed E-state index contributed by atoms with van der Waals surface area (Å²) in [5.74, 6) is 1.02. The molecule has 0 spiro atoms. The van der Waals surface area contributed by atoms with Crippen molar-refractivity contribution in [2.75, 3.05) is 13.7 Å². The Morgan fingerprint density at radius 2 is 1.44 bits per heavy atom. The third-order valence-corrected chi connectivity index (χ3v) is 7.19. The van der Waals surface area contributed by atoms with Crippen LogP contribution in [0.4, 0.5) is 0 Å². The molecule has 3 aromatic carbocycles. The SMILES string of the molecule is COc1ccc(CO[C@H]([C@H](OCc2ccccc2)C(C)=O)[C@H]2C[C@@H](C)[C@H](CCOCc3ccccc3)O2)cc1.